The van der Waals surface area contributed by atoms with Gasteiger partial charge in [-0.05, 0) is 38.1 Å². The Morgan fingerprint density at radius 2 is 1.80 bits per heavy atom. The lowest BCUT2D eigenvalue weighted by Gasteiger charge is -2.35. The fraction of sp³-hybridized carbons (Fsp3) is 0.471. The highest BCUT2D eigenvalue weighted by Crippen LogP contribution is 2.11. The van der Waals surface area contributed by atoms with Gasteiger partial charge in [0.25, 0.3) is 11.8 Å². The first-order valence-electron chi connectivity index (χ1n) is 7.97. The Balaban J connectivity index is 1.72. The summed E-state index contributed by atoms with van der Waals surface area (Å²) >= 11 is 3.28. The van der Waals surface area contributed by atoms with E-state index in [0.717, 1.165) is 4.47 Å². The fourth-order valence-corrected chi connectivity index (χ4v) is 2.79. The molecular weight excluding hydrogens is 392 g/mol. The summed E-state index contributed by atoms with van der Waals surface area (Å²) in [6, 6.07) is 6.73. The molecule has 0 spiro atoms. The highest BCUT2D eigenvalue weighted by atomic mass is 79.9. The van der Waals surface area contributed by atoms with Crippen LogP contribution in [0.5, 0.6) is 0 Å². The number of morpholine rings is 1. The molecule has 1 heterocycles. The Morgan fingerprint density at radius 1 is 1.20 bits per heavy atom. The molecule has 0 aliphatic carbocycles. The van der Waals surface area contributed by atoms with Crippen LogP contribution in [0.1, 0.15) is 24.2 Å². The zero-order valence-corrected chi connectivity index (χ0v) is 15.7. The molecule has 2 amide bonds. The third-order valence-electron chi connectivity index (χ3n) is 3.63. The molecule has 1 aliphatic rings. The smallest absolute Gasteiger partial charge is 0.325 e. The standard InChI is InChI=1S/C17H21BrN2O5/c1-11-8-20(9-12(2)25-11)15(21)10-24-16(22)7-19-17(23)13-3-5-14(18)6-4-13/h3-6,11-12H,7-10H2,1-2H3,(H,19,23)/t11-,12+. The van der Waals surface area contributed by atoms with E-state index in [1.54, 1.807) is 29.2 Å². The summed E-state index contributed by atoms with van der Waals surface area (Å²) in [7, 11) is 0. The normalized spacial score (nSPS) is 20.0. The molecular formula is C17H21BrN2O5. The molecule has 25 heavy (non-hydrogen) atoms. The van der Waals surface area contributed by atoms with E-state index < -0.39 is 5.97 Å². The number of halogens is 1. The van der Waals surface area contributed by atoms with E-state index in [4.69, 9.17) is 9.47 Å². The van der Waals surface area contributed by atoms with Gasteiger partial charge in [-0.15, -0.1) is 0 Å². The molecule has 0 unspecified atom stereocenters. The number of hydrogen-bond acceptors (Lipinski definition) is 5. The molecule has 1 aliphatic heterocycles. The Labute approximate surface area is 154 Å². The number of amides is 2. The molecule has 2 rings (SSSR count). The molecule has 0 bridgehead atoms. The van der Waals surface area contributed by atoms with Gasteiger partial charge in [0.15, 0.2) is 6.61 Å². The molecule has 1 fully saturated rings. The molecule has 1 aromatic rings. The predicted octanol–water partition coefficient (Wildman–Crippen LogP) is 1.36. The maximum atomic E-state index is 12.1. The highest BCUT2D eigenvalue weighted by Gasteiger charge is 2.26. The minimum absolute atomic E-state index is 0.0476. The molecule has 8 heteroatoms. The Kier molecular flexibility index (Phi) is 6.95. The van der Waals surface area contributed by atoms with Crippen molar-refractivity contribution in [1.82, 2.24) is 10.2 Å². The second-order valence-electron chi connectivity index (χ2n) is 5.91. The summed E-state index contributed by atoms with van der Waals surface area (Å²) in [5.74, 6) is -1.31. The Hall–Kier alpha value is -1.93. The van der Waals surface area contributed by atoms with E-state index >= 15 is 0 Å². The van der Waals surface area contributed by atoms with Gasteiger partial charge in [-0.1, -0.05) is 15.9 Å². The van der Waals surface area contributed by atoms with E-state index in [0.29, 0.717) is 18.7 Å². The fourth-order valence-electron chi connectivity index (χ4n) is 2.52. The van der Waals surface area contributed by atoms with Gasteiger partial charge >= 0.3 is 5.97 Å². The highest BCUT2D eigenvalue weighted by molar-refractivity contribution is 9.10. The zero-order valence-electron chi connectivity index (χ0n) is 14.2. The quantitative estimate of drug-likeness (QED) is 0.737. The third kappa shape index (κ3) is 6.13. The van der Waals surface area contributed by atoms with Gasteiger partial charge in [0.2, 0.25) is 0 Å². The number of ether oxygens (including phenoxy) is 2. The van der Waals surface area contributed by atoms with Gasteiger partial charge in [0.05, 0.1) is 12.2 Å². The van der Waals surface area contributed by atoms with E-state index in [9.17, 15) is 14.4 Å². The van der Waals surface area contributed by atoms with Crippen molar-refractivity contribution in [3.63, 3.8) is 0 Å². The van der Waals surface area contributed by atoms with Crippen LogP contribution in [0.25, 0.3) is 0 Å². The minimum Gasteiger partial charge on any atom is -0.454 e. The topological polar surface area (TPSA) is 84.9 Å². The van der Waals surface area contributed by atoms with Gasteiger partial charge in [-0.3, -0.25) is 14.4 Å². The first-order chi connectivity index (χ1) is 11.8. The van der Waals surface area contributed by atoms with Crippen molar-refractivity contribution in [2.45, 2.75) is 26.1 Å². The van der Waals surface area contributed by atoms with Gasteiger partial charge in [-0.25, -0.2) is 0 Å². The van der Waals surface area contributed by atoms with Gasteiger partial charge < -0.3 is 19.7 Å². The van der Waals surface area contributed by atoms with E-state index in [-0.39, 0.29) is 37.2 Å². The van der Waals surface area contributed by atoms with Crippen molar-refractivity contribution in [2.24, 2.45) is 0 Å². The lowest BCUT2D eigenvalue weighted by atomic mass is 10.2. The van der Waals surface area contributed by atoms with Crippen LogP contribution < -0.4 is 5.32 Å². The monoisotopic (exact) mass is 412 g/mol. The van der Waals surface area contributed by atoms with Crippen LogP contribution in [0.4, 0.5) is 0 Å². The lowest BCUT2D eigenvalue weighted by Crippen LogP contribution is -2.49. The molecule has 0 aromatic heterocycles. The molecule has 136 valence electrons. The average Bonchev–Trinajstić information content (AvgIpc) is 2.57. The maximum Gasteiger partial charge on any atom is 0.325 e. The summed E-state index contributed by atoms with van der Waals surface area (Å²) in [6.45, 7) is 4.09. The maximum absolute atomic E-state index is 12.1. The summed E-state index contributed by atoms with van der Waals surface area (Å²) in [6.07, 6.45) is -0.0952. The summed E-state index contributed by atoms with van der Waals surface area (Å²) in [5.41, 5.74) is 0.434. The van der Waals surface area contributed by atoms with Gasteiger partial charge in [0, 0.05) is 23.1 Å². The van der Waals surface area contributed by atoms with E-state index in [2.05, 4.69) is 21.2 Å². The second kappa shape index (κ2) is 8.96. The van der Waals surface area contributed by atoms with Crippen LogP contribution >= 0.6 is 15.9 Å². The molecule has 0 saturated carbocycles. The van der Waals surface area contributed by atoms with Gasteiger partial charge in [0.1, 0.15) is 6.54 Å². The summed E-state index contributed by atoms with van der Waals surface area (Å²) in [5, 5.41) is 2.46. The predicted molar refractivity (Wildman–Crippen MR) is 94.0 cm³/mol. The van der Waals surface area contributed by atoms with Crippen LogP contribution in [-0.2, 0) is 19.1 Å². The van der Waals surface area contributed by atoms with Crippen molar-refractivity contribution in [1.29, 1.82) is 0 Å². The number of nitrogens with zero attached hydrogens (tertiary/aromatic N) is 1. The molecule has 0 radical (unpaired) electrons. The minimum atomic E-state index is -0.659. The van der Waals surface area contributed by atoms with Crippen molar-refractivity contribution < 1.29 is 23.9 Å². The number of nitrogens with one attached hydrogen (secondary N) is 1. The molecule has 1 N–H and O–H groups in total. The van der Waals surface area contributed by atoms with Crippen LogP contribution in [0, 0.1) is 0 Å². The van der Waals surface area contributed by atoms with Crippen LogP contribution in [0.2, 0.25) is 0 Å². The molecule has 7 nitrogen and oxygen atoms in total. The van der Waals surface area contributed by atoms with E-state index in [1.807, 2.05) is 13.8 Å². The molecule has 2 atom stereocenters. The van der Waals surface area contributed by atoms with Crippen molar-refractivity contribution >= 4 is 33.7 Å². The average molecular weight is 413 g/mol. The largest absolute Gasteiger partial charge is 0.454 e. The third-order valence-corrected chi connectivity index (χ3v) is 4.16. The number of hydrogen-bond donors (Lipinski definition) is 1. The van der Waals surface area contributed by atoms with Crippen molar-refractivity contribution in [2.75, 3.05) is 26.2 Å². The van der Waals surface area contributed by atoms with Crippen LogP contribution in [0.15, 0.2) is 28.7 Å². The lowest BCUT2D eigenvalue weighted by molar-refractivity contribution is -0.156. The first-order valence-corrected chi connectivity index (χ1v) is 8.77. The first kappa shape index (κ1) is 19.4. The molecule has 1 saturated heterocycles. The number of carbonyl (C=O) groups excluding carboxylic acids is 3. The van der Waals surface area contributed by atoms with Crippen LogP contribution in [-0.4, -0.2) is 61.1 Å². The van der Waals surface area contributed by atoms with Crippen molar-refractivity contribution in [3.05, 3.63) is 34.3 Å². The number of esters is 1. The Bertz CT molecular complexity index is 624. The second-order valence-corrected chi connectivity index (χ2v) is 6.82. The molecule has 1 aromatic carbocycles. The summed E-state index contributed by atoms with van der Waals surface area (Å²) in [4.78, 5) is 37.3. The summed E-state index contributed by atoms with van der Waals surface area (Å²) < 4.78 is 11.3. The van der Waals surface area contributed by atoms with Gasteiger partial charge in [-0.2, -0.15) is 0 Å². The van der Waals surface area contributed by atoms with Crippen molar-refractivity contribution in [3.8, 4) is 0 Å². The zero-order chi connectivity index (χ0) is 18.4. The number of benzene rings is 1. The van der Waals surface area contributed by atoms with E-state index in [1.165, 1.54) is 0 Å². The number of rotatable bonds is 5. The number of carbonyl (C=O) groups is 3. The SMILES string of the molecule is C[C@@H]1CN(C(=O)COC(=O)CNC(=O)c2ccc(Br)cc2)C[C@H](C)O1. The van der Waals surface area contributed by atoms with Crippen LogP contribution in [0.3, 0.4) is 0 Å². The Morgan fingerprint density at radius 3 is 2.40 bits per heavy atom.